The summed E-state index contributed by atoms with van der Waals surface area (Å²) >= 11 is 0. The number of carboxylic acid groups (broad SMARTS) is 2. The first-order valence-corrected chi connectivity index (χ1v) is 4.34. The van der Waals surface area contributed by atoms with E-state index in [2.05, 4.69) is 6.58 Å². The number of rotatable bonds is 3. The van der Waals surface area contributed by atoms with Crippen molar-refractivity contribution in [3.05, 3.63) is 35.4 Å². The summed E-state index contributed by atoms with van der Waals surface area (Å²) in [6, 6.07) is 2.10. The molecule has 16 heavy (non-hydrogen) atoms. The number of carboxylic acids is 2. The molecule has 0 heterocycles. The monoisotopic (exact) mass is 222 g/mol. The van der Waals surface area contributed by atoms with Crippen LogP contribution in [0.3, 0.4) is 0 Å². The topological polar surface area (TPSA) is 94.8 Å². The molecule has 3 N–H and O–H groups in total. The Morgan fingerprint density at radius 3 is 2.00 bits per heavy atom. The summed E-state index contributed by atoms with van der Waals surface area (Å²) in [6.07, 6.45) is 0. The molecule has 0 saturated heterocycles. The molecule has 84 valence electrons. The predicted molar refractivity (Wildman–Crippen MR) is 56.7 cm³/mol. The van der Waals surface area contributed by atoms with Gasteiger partial charge in [0.25, 0.3) is 0 Å². The van der Waals surface area contributed by atoms with E-state index in [1.807, 2.05) is 0 Å². The zero-order chi connectivity index (χ0) is 12.5. The predicted octanol–water partition coefficient (Wildman–Crippen LogP) is 1.82. The van der Waals surface area contributed by atoms with Crippen molar-refractivity contribution in [2.45, 2.75) is 6.92 Å². The van der Waals surface area contributed by atoms with E-state index >= 15 is 0 Å². The molecule has 0 aromatic heterocycles. The van der Waals surface area contributed by atoms with Gasteiger partial charge < -0.3 is 15.3 Å². The van der Waals surface area contributed by atoms with E-state index in [4.69, 9.17) is 10.2 Å². The number of aromatic hydroxyl groups is 1. The van der Waals surface area contributed by atoms with Crippen molar-refractivity contribution in [2.24, 2.45) is 0 Å². The average Bonchev–Trinajstić information content (AvgIpc) is 2.16. The molecule has 0 aliphatic rings. The first kappa shape index (κ1) is 11.8. The van der Waals surface area contributed by atoms with Crippen molar-refractivity contribution in [3.63, 3.8) is 0 Å². The number of phenols is 1. The maximum Gasteiger partial charge on any atom is 0.339 e. The molecule has 1 aromatic rings. The van der Waals surface area contributed by atoms with Gasteiger partial charge in [-0.3, -0.25) is 0 Å². The lowest BCUT2D eigenvalue weighted by molar-refractivity contribution is 0.0693. The SMILES string of the molecule is C=C(C)c1cc(C(=O)O)cc(C(=O)O)c1O. The van der Waals surface area contributed by atoms with Gasteiger partial charge in [-0.15, -0.1) is 0 Å². The van der Waals surface area contributed by atoms with Crippen LogP contribution < -0.4 is 0 Å². The van der Waals surface area contributed by atoms with Gasteiger partial charge in [-0.25, -0.2) is 9.59 Å². The van der Waals surface area contributed by atoms with E-state index in [9.17, 15) is 14.7 Å². The molecule has 0 bridgehead atoms. The molecule has 0 fully saturated rings. The second-order valence-corrected chi connectivity index (χ2v) is 3.31. The lowest BCUT2D eigenvalue weighted by Crippen LogP contribution is -2.04. The average molecular weight is 222 g/mol. The van der Waals surface area contributed by atoms with Gasteiger partial charge in [-0.1, -0.05) is 6.58 Å². The van der Waals surface area contributed by atoms with Crippen molar-refractivity contribution >= 4 is 17.5 Å². The summed E-state index contributed by atoms with van der Waals surface area (Å²) in [5, 5.41) is 27.2. The molecular formula is C11H10O5. The lowest BCUT2D eigenvalue weighted by atomic mass is 10.00. The third-order valence-electron chi connectivity index (χ3n) is 2.05. The normalized spacial score (nSPS) is 9.81. The standard InChI is InChI=1S/C11H10O5/c1-5(2)7-3-6(10(13)14)4-8(9(7)12)11(15)16/h3-4,12H,1H2,2H3,(H,13,14)(H,15,16). The third kappa shape index (κ3) is 2.03. The molecule has 0 unspecified atom stereocenters. The van der Waals surface area contributed by atoms with E-state index in [1.165, 1.54) is 6.07 Å². The summed E-state index contributed by atoms with van der Waals surface area (Å²) in [4.78, 5) is 21.5. The van der Waals surface area contributed by atoms with E-state index < -0.39 is 23.3 Å². The summed E-state index contributed by atoms with van der Waals surface area (Å²) in [5.41, 5.74) is -0.133. The van der Waals surface area contributed by atoms with Gasteiger partial charge in [0.2, 0.25) is 0 Å². The van der Waals surface area contributed by atoms with Gasteiger partial charge in [0.1, 0.15) is 11.3 Å². The summed E-state index contributed by atoms with van der Waals surface area (Å²) in [5.74, 6) is -3.11. The largest absolute Gasteiger partial charge is 0.506 e. The summed E-state index contributed by atoms with van der Waals surface area (Å²) in [6.45, 7) is 5.09. The Bertz CT molecular complexity index is 452. The third-order valence-corrected chi connectivity index (χ3v) is 2.05. The highest BCUT2D eigenvalue weighted by atomic mass is 16.4. The maximum atomic E-state index is 10.8. The van der Waals surface area contributed by atoms with Crippen LogP contribution in [0.5, 0.6) is 5.75 Å². The number of benzene rings is 1. The van der Waals surface area contributed by atoms with Crippen LogP contribution in [0.15, 0.2) is 18.7 Å². The van der Waals surface area contributed by atoms with E-state index in [1.54, 1.807) is 6.92 Å². The Morgan fingerprint density at radius 1 is 1.12 bits per heavy atom. The second-order valence-electron chi connectivity index (χ2n) is 3.31. The smallest absolute Gasteiger partial charge is 0.339 e. The van der Waals surface area contributed by atoms with Crippen LogP contribution in [-0.4, -0.2) is 27.3 Å². The molecule has 0 saturated carbocycles. The van der Waals surface area contributed by atoms with E-state index in [0.717, 1.165) is 6.07 Å². The van der Waals surface area contributed by atoms with Gasteiger partial charge in [0, 0.05) is 5.56 Å². The Hall–Kier alpha value is -2.30. The molecule has 0 radical (unpaired) electrons. The van der Waals surface area contributed by atoms with Gasteiger partial charge >= 0.3 is 11.9 Å². The fraction of sp³-hybridized carbons (Fsp3) is 0.0909. The highest BCUT2D eigenvalue weighted by molar-refractivity contribution is 5.98. The van der Waals surface area contributed by atoms with Gasteiger partial charge in [-0.2, -0.15) is 0 Å². The fourth-order valence-electron chi connectivity index (χ4n) is 1.25. The minimum absolute atomic E-state index is 0.123. The number of carbonyl (C=O) groups is 2. The Kier molecular flexibility index (Phi) is 2.99. The van der Waals surface area contributed by atoms with Crippen LogP contribution >= 0.6 is 0 Å². The molecular weight excluding hydrogens is 212 g/mol. The van der Waals surface area contributed by atoms with Gasteiger partial charge in [0.05, 0.1) is 5.56 Å². The Labute approximate surface area is 91.3 Å². The van der Waals surface area contributed by atoms with Crippen LogP contribution in [0.4, 0.5) is 0 Å². The van der Waals surface area contributed by atoms with Crippen molar-refractivity contribution < 1.29 is 24.9 Å². The maximum absolute atomic E-state index is 10.8. The van der Waals surface area contributed by atoms with Gasteiger partial charge in [-0.05, 0) is 24.6 Å². The number of aromatic carboxylic acids is 2. The minimum Gasteiger partial charge on any atom is -0.506 e. The molecule has 1 rings (SSSR count). The number of hydrogen-bond donors (Lipinski definition) is 3. The highest BCUT2D eigenvalue weighted by Crippen LogP contribution is 2.29. The van der Waals surface area contributed by atoms with Crippen LogP contribution in [0.2, 0.25) is 0 Å². The van der Waals surface area contributed by atoms with Crippen molar-refractivity contribution in [2.75, 3.05) is 0 Å². The zero-order valence-electron chi connectivity index (χ0n) is 8.52. The van der Waals surface area contributed by atoms with Gasteiger partial charge in [0.15, 0.2) is 0 Å². The Balaban J connectivity index is 3.57. The molecule has 1 aromatic carbocycles. The van der Waals surface area contributed by atoms with Crippen LogP contribution in [0.1, 0.15) is 33.2 Å². The van der Waals surface area contributed by atoms with Crippen molar-refractivity contribution in [1.29, 1.82) is 0 Å². The fourth-order valence-corrected chi connectivity index (χ4v) is 1.25. The molecule has 0 aliphatic carbocycles. The quantitative estimate of drug-likeness (QED) is 0.725. The van der Waals surface area contributed by atoms with E-state index in [-0.39, 0.29) is 11.1 Å². The number of allylic oxidation sites excluding steroid dienone is 1. The molecule has 5 heteroatoms. The first-order chi connectivity index (χ1) is 7.34. The molecule has 0 spiro atoms. The van der Waals surface area contributed by atoms with E-state index in [0.29, 0.717) is 5.57 Å². The van der Waals surface area contributed by atoms with Crippen molar-refractivity contribution in [1.82, 2.24) is 0 Å². The first-order valence-electron chi connectivity index (χ1n) is 4.34. The van der Waals surface area contributed by atoms with Crippen molar-refractivity contribution in [3.8, 4) is 5.75 Å². The molecule has 5 nitrogen and oxygen atoms in total. The Morgan fingerprint density at radius 2 is 1.62 bits per heavy atom. The lowest BCUT2D eigenvalue weighted by Gasteiger charge is -2.08. The summed E-state index contributed by atoms with van der Waals surface area (Å²) in [7, 11) is 0. The highest BCUT2D eigenvalue weighted by Gasteiger charge is 2.18. The number of hydrogen-bond acceptors (Lipinski definition) is 3. The zero-order valence-corrected chi connectivity index (χ0v) is 8.52. The molecule has 0 atom stereocenters. The second kappa shape index (κ2) is 4.06. The molecule has 0 amide bonds. The van der Waals surface area contributed by atoms with Crippen LogP contribution in [-0.2, 0) is 0 Å². The summed E-state index contributed by atoms with van der Waals surface area (Å²) < 4.78 is 0. The van der Waals surface area contributed by atoms with Crippen LogP contribution in [0, 0.1) is 0 Å². The minimum atomic E-state index is -1.39. The molecule has 0 aliphatic heterocycles. The van der Waals surface area contributed by atoms with Crippen LogP contribution in [0.25, 0.3) is 5.57 Å².